The van der Waals surface area contributed by atoms with E-state index >= 15 is 0 Å². The Morgan fingerprint density at radius 1 is 1.07 bits per heavy atom. The second-order valence-corrected chi connectivity index (χ2v) is 9.48. The Hall–Kier alpha value is -2.17. The van der Waals surface area contributed by atoms with Crippen LogP contribution in [-0.4, -0.2) is 26.4 Å². The summed E-state index contributed by atoms with van der Waals surface area (Å²) in [5.41, 5.74) is 1.06. The zero-order valence-electron chi connectivity index (χ0n) is 15.6. The molecule has 0 bridgehead atoms. The highest BCUT2D eigenvalue weighted by Gasteiger charge is 2.30. The predicted octanol–water partition coefficient (Wildman–Crippen LogP) is 6.22. The van der Waals surface area contributed by atoms with E-state index in [-0.39, 0.29) is 21.5 Å². The Kier molecular flexibility index (Phi) is 6.13. The van der Waals surface area contributed by atoms with Crippen molar-refractivity contribution in [1.29, 1.82) is 0 Å². The molecule has 30 heavy (non-hydrogen) atoms. The number of halogens is 3. The lowest BCUT2D eigenvalue weighted by Gasteiger charge is -2.13. The lowest BCUT2D eigenvalue weighted by atomic mass is 9.95. The van der Waals surface area contributed by atoms with Gasteiger partial charge in [0.25, 0.3) is 0 Å². The van der Waals surface area contributed by atoms with Crippen LogP contribution in [0.2, 0.25) is 0 Å². The van der Waals surface area contributed by atoms with Crippen molar-refractivity contribution in [3.05, 3.63) is 44.5 Å². The third-order valence-electron chi connectivity index (χ3n) is 4.32. The van der Waals surface area contributed by atoms with Gasteiger partial charge >= 0.3 is 5.97 Å². The molecule has 0 radical (unpaired) electrons. The van der Waals surface area contributed by atoms with Gasteiger partial charge in [-0.2, -0.15) is 0 Å². The fourth-order valence-corrected chi connectivity index (χ4v) is 4.66. The third kappa shape index (κ3) is 3.67. The highest BCUT2D eigenvalue weighted by atomic mass is 79.9. The zero-order chi connectivity index (χ0) is 22.5. The van der Waals surface area contributed by atoms with Crippen LogP contribution in [0.4, 0.5) is 0 Å². The average molecular weight is 607 g/mol. The van der Waals surface area contributed by atoms with Gasteiger partial charge in [-0.15, -0.1) is 0 Å². The van der Waals surface area contributed by atoms with E-state index < -0.39 is 29.0 Å². The number of ether oxygens (including phenoxy) is 1. The van der Waals surface area contributed by atoms with Crippen LogP contribution in [0.1, 0.15) is 35.6 Å². The largest absolute Gasteiger partial charge is 0.504 e. The van der Waals surface area contributed by atoms with E-state index in [1.165, 1.54) is 6.92 Å². The van der Waals surface area contributed by atoms with Gasteiger partial charge in [-0.25, -0.2) is 0 Å². The number of alkyl halides is 1. The smallest absolute Gasteiger partial charge is 0.308 e. The van der Waals surface area contributed by atoms with Crippen LogP contribution in [-0.2, 0) is 4.79 Å². The summed E-state index contributed by atoms with van der Waals surface area (Å²) >= 11 is 10.1. The molecular weight excluding hydrogens is 592 g/mol. The molecule has 0 saturated carbocycles. The van der Waals surface area contributed by atoms with Crippen LogP contribution in [0.5, 0.6) is 28.7 Å². The highest BCUT2D eigenvalue weighted by molar-refractivity contribution is 9.11. The number of rotatable bonds is 4. The number of furan rings is 1. The molecule has 2 aromatic carbocycles. The van der Waals surface area contributed by atoms with E-state index in [9.17, 15) is 25.2 Å². The lowest BCUT2D eigenvalue weighted by Crippen LogP contribution is -2.03. The van der Waals surface area contributed by atoms with E-state index in [4.69, 9.17) is 9.15 Å². The topological polar surface area (TPSA) is 120 Å². The summed E-state index contributed by atoms with van der Waals surface area (Å²) in [7, 11) is 0. The van der Waals surface area contributed by atoms with Crippen LogP contribution in [0, 0.1) is 0 Å². The molecule has 0 aliphatic heterocycles. The number of benzene rings is 2. The van der Waals surface area contributed by atoms with Crippen LogP contribution in [0.25, 0.3) is 16.5 Å². The van der Waals surface area contributed by atoms with Crippen molar-refractivity contribution >= 4 is 70.3 Å². The maximum atomic E-state index is 11.3. The van der Waals surface area contributed by atoms with Crippen molar-refractivity contribution in [1.82, 2.24) is 0 Å². The fourth-order valence-electron chi connectivity index (χ4n) is 2.99. The molecule has 158 valence electrons. The van der Waals surface area contributed by atoms with Gasteiger partial charge in [-0.3, -0.25) is 4.79 Å². The van der Waals surface area contributed by atoms with Crippen molar-refractivity contribution < 1.29 is 34.4 Å². The molecule has 1 heterocycles. The van der Waals surface area contributed by atoms with E-state index in [1.54, 1.807) is 19.1 Å². The predicted molar refractivity (Wildman–Crippen MR) is 122 cm³/mol. The number of fused-ring (bicyclic) bond motifs is 1. The molecule has 0 amide bonds. The summed E-state index contributed by atoms with van der Waals surface area (Å²) < 4.78 is 11.8. The number of carbonyl (C=O) groups is 1. The molecule has 7 nitrogen and oxygen atoms in total. The molecule has 0 fully saturated rings. The molecule has 1 aromatic heterocycles. The quantitative estimate of drug-likeness (QED) is 0.0914. The molecule has 1 unspecified atom stereocenters. The molecule has 4 N–H and O–H groups in total. The average Bonchev–Trinajstić information content (AvgIpc) is 3.07. The van der Waals surface area contributed by atoms with Gasteiger partial charge in [-0.05, 0) is 62.1 Å². The highest BCUT2D eigenvalue weighted by Crippen LogP contribution is 2.54. The van der Waals surface area contributed by atoms with E-state index in [0.29, 0.717) is 31.4 Å². The van der Waals surface area contributed by atoms with Crippen LogP contribution < -0.4 is 4.74 Å². The molecule has 10 heteroatoms. The Bertz CT molecular complexity index is 1190. The summed E-state index contributed by atoms with van der Waals surface area (Å²) in [4.78, 5) is 11.0. The first-order valence-corrected chi connectivity index (χ1v) is 10.9. The van der Waals surface area contributed by atoms with Gasteiger partial charge in [0.15, 0.2) is 17.1 Å². The minimum absolute atomic E-state index is 0.00888. The van der Waals surface area contributed by atoms with Gasteiger partial charge in [0.1, 0.15) is 5.76 Å². The van der Waals surface area contributed by atoms with E-state index in [2.05, 4.69) is 54.4 Å². The lowest BCUT2D eigenvalue weighted by molar-refractivity contribution is -0.131. The van der Waals surface area contributed by atoms with E-state index in [0.717, 1.165) is 0 Å². The molecule has 0 aliphatic carbocycles. The molecular formula is C20H15Br3O7. The molecule has 3 rings (SSSR count). The molecule has 0 spiro atoms. The van der Waals surface area contributed by atoms with Crippen molar-refractivity contribution in [2.75, 3.05) is 0 Å². The summed E-state index contributed by atoms with van der Waals surface area (Å²) in [6.07, 6.45) is 0. The minimum atomic E-state index is -0.893. The summed E-state index contributed by atoms with van der Waals surface area (Å²) in [5.74, 6) is -3.03. The van der Waals surface area contributed by atoms with Gasteiger partial charge < -0.3 is 29.6 Å². The van der Waals surface area contributed by atoms with Crippen LogP contribution in [0.15, 0.2) is 32.1 Å². The minimum Gasteiger partial charge on any atom is -0.504 e. The number of carbonyl (C=O) groups excluding carboxylic acids is 1. The van der Waals surface area contributed by atoms with Gasteiger partial charge in [0, 0.05) is 12.5 Å². The Morgan fingerprint density at radius 2 is 1.60 bits per heavy atom. The normalized spacial score (nSPS) is 12.2. The number of esters is 1. The third-order valence-corrected chi connectivity index (χ3v) is 5.91. The van der Waals surface area contributed by atoms with Crippen molar-refractivity contribution in [2.24, 2.45) is 0 Å². The van der Waals surface area contributed by atoms with E-state index in [1.807, 2.05) is 0 Å². The molecule has 0 saturated heterocycles. The second kappa shape index (κ2) is 8.16. The zero-order valence-corrected chi connectivity index (χ0v) is 20.3. The van der Waals surface area contributed by atoms with Crippen molar-refractivity contribution in [3.8, 4) is 28.7 Å². The number of aromatic hydroxyl groups is 4. The number of hydrogen-bond donors (Lipinski definition) is 4. The SMILES string of the molecule is C=C(c1cc(Br)c(OC(C)=O)c(Br)c1)c1c(C(C)Br)oc2c(O)c(O)c(O)c(O)c12. The van der Waals surface area contributed by atoms with Crippen molar-refractivity contribution in [3.63, 3.8) is 0 Å². The van der Waals surface area contributed by atoms with Crippen molar-refractivity contribution in [2.45, 2.75) is 18.7 Å². The van der Waals surface area contributed by atoms with Gasteiger partial charge in [0.05, 0.1) is 19.2 Å². The fraction of sp³-hybridized carbons (Fsp3) is 0.150. The number of phenolic OH excluding ortho intramolecular Hbond substituents is 4. The van der Waals surface area contributed by atoms with Gasteiger partial charge in [0.2, 0.25) is 17.2 Å². The molecule has 0 aliphatic rings. The molecule has 1 atom stereocenters. The first-order valence-electron chi connectivity index (χ1n) is 8.39. The first kappa shape index (κ1) is 22.5. The summed E-state index contributed by atoms with van der Waals surface area (Å²) in [5, 5.41) is 40.5. The van der Waals surface area contributed by atoms with Crippen LogP contribution in [0.3, 0.4) is 0 Å². The standard InChI is InChI=1S/C20H15Br3O7/c1-6(9-4-10(22)19(11(23)5-9)29-8(3)24)12-13-14(25)15(26)16(27)17(28)20(13)30-18(12)7(2)21/h4-5,7,25-28H,1H2,2-3H3. The summed E-state index contributed by atoms with van der Waals surface area (Å²) in [6.45, 7) is 7.13. The maximum absolute atomic E-state index is 11.3. The number of phenols is 4. The Labute approximate surface area is 196 Å². The number of hydrogen-bond acceptors (Lipinski definition) is 7. The first-order chi connectivity index (χ1) is 14.0. The summed E-state index contributed by atoms with van der Waals surface area (Å²) in [6, 6.07) is 3.31. The van der Waals surface area contributed by atoms with Gasteiger partial charge in [-0.1, -0.05) is 22.5 Å². The second-order valence-electron chi connectivity index (χ2n) is 6.40. The Balaban J connectivity index is 2.30. The Morgan fingerprint density at radius 3 is 2.10 bits per heavy atom. The maximum Gasteiger partial charge on any atom is 0.308 e. The monoisotopic (exact) mass is 604 g/mol. The van der Waals surface area contributed by atoms with Crippen LogP contribution >= 0.6 is 47.8 Å². The molecule has 3 aromatic rings.